The molecule has 1 aromatic rings. The highest BCUT2D eigenvalue weighted by molar-refractivity contribution is 6.08. The van der Waals surface area contributed by atoms with Crippen LogP contribution in [0.5, 0.6) is 0 Å². The van der Waals surface area contributed by atoms with Crippen LogP contribution in [0, 0.1) is 5.82 Å². The van der Waals surface area contributed by atoms with E-state index in [2.05, 4.69) is 10.3 Å². The van der Waals surface area contributed by atoms with Gasteiger partial charge in [-0.05, 0) is 37.6 Å². The molecule has 0 bridgehead atoms. The number of hydrogen-bond donors (Lipinski definition) is 1. The monoisotopic (exact) mass is 410 g/mol. The minimum atomic E-state index is -4.70. The van der Waals surface area contributed by atoms with Crippen molar-refractivity contribution in [3.05, 3.63) is 47.0 Å². The molecule has 2 atom stereocenters. The van der Waals surface area contributed by atoms with E-state index in [1.165, 1.54) is 25.3 Å². The molecule has 1 aromatic carbocycles. The Balaban J connectivity index is 1.94. The first-order chi connectivity index (χ1) is 13.7. The average Bonchev–Trinajstić information content (AvgIpc) is 3.24. The maximum atomic E-state index is 13.9. The van der Waals surface area contributed by atoms with Crippen molar-refractivity contribution in [3.63, 3.8) is 0 Å². The first kappa shape index (κ1) is 19.6. The summed E-state index contributed by atoms with van der Waals surface area (Å²) < 4.78 is 55.0. The van der Waals surface area contributed by atoms with Crippen molar-refractivity contribution in [2.24, 2.45) is 4.99 Å². The zero-order chi connectivity index (χ0) is 21.0. The molecule has 6 nitrogen and oxygen atoms in total. The number of amides is 1. The van der Waals surface area contributed by atoms with Gasteiger partial charge in [-0.3, -0.25) is 19.9 Å². The third-order valence-electron chi connectivity index (χ3n) is 5.42. The molecule has 0 unspecified atom stereocenters. The number of fused-ring (bicyclic) bond motifs is 1. The fourth-order valence-electron chi connectivity index (χ4n) is 4.25. The molecule has 2 fully saturated rings. The van der Waals surface area contributed by atoms with Crippen LogP contribution in [0.4, 0.5) is 17.6 Å². The van der Waals surface area contributed by atoms with E-state index in [-0.39, 0.29) is 36.5 Å². The highest BCUT2D eigenvalue weighted by Crippen LogP contribution is 2.44. The number of alkyl halides is 3. The number of benzene rings is 1. The second kappa shape index (κ2) is 6.65. The smallest absolute Gasteiger partial charge is 0.341 e. The van der Waals surface area contributed by atoms with E-state index in [1.54, 1.807) is 0 Å². The van der Waals surface area contributed by atoms with E-state index in [0.29, 0.717) is 6.42 Å². The molecule has 0 aliphatic carbocycles. The van der Waals surface area contributed by atoms with Crippen LogP contribution in [-0.4, -0.2) is 58.8 Å². The Bertz CT molecular complexity index is 925. The fraction of sp³-hybridized carbons (Fsp3) is 0.421. The first-order valence-corrected chi connectivity index (χ1v) is 9.12. The predicted molar refractivity (Wildman–Crippen MR) is 95.3 cm³/mol. The minimum absolute atomic E-state index is 0.00349. The Morgan fingerprint density at radius 3 is 2.55 bits per heavy atom. The van der Waals surface area contributed by atoms with Crippen LogP contribution in [0.3, 0.4) is 0 Å². The normalized spacial score (nSPS) is 27.1. The number of halogens is 4. The molecule has 1 amide bonds. The number of carbonyl (C=O) groups excluding carboxylic acids is 2. The Hall–Kier alpha value is -2.75. The molecule has 3 aliphatic rings. The van der Waals surface area contributed by atoms with E-state index in [1.807, 2.05) is 0 Å². The average molecular weight is 410 g/mol. The molecular weight excluding hydrogens is 392 g/mol. The summed E-state index contributed by atoms with van der Waals surface area (Å²) in [4.78, 5) is 32.5. The van der Waals surface area contributed by atoms with Crippen molar-refractivity contribution >= 4 is 17.9 Å². The highest BCUT2D eigenvalue weighted by atomic mass is 19.4. The van der Waals surface area contributed by atoms with Crippen LogP contribution in [0.1, 0.15) is 30.1 Å². The SMILES string of the molecule is CC1=C2N(CC=N1)[C@@H](C(F)(F)F)N[C@]2(C(=O)c1ccc(F)cc1)N1CCCC1=O. The molecular formula is C19H18F4N4O2. The number of likely N-dealkylation sites (tertiary alicyclic amines) is 1. The fourth-order valence-corrected chi connectivity index (χ4v) is 4.25. The summed E-state index contributed by atoms with van der Waals surface area (Å²) in [6, 6.07) is 4.52. The van der Waals surface area contributed by atoms with E-state index < -0.39 is 35.5 Å². The van der Waals surface area contributed by atoms with Gasteiger partial charge >= 0.3 is 6.18 Å². The molecule has 0 radical (unpaired) electrons. The summed E-state index contributed by atoms with van der Waals surface area (Å²) in [5.74, 6) is -1.76. The lowest BCUT2D eigenvalue weighted by Crippen LogP contribution is -2.64. The van der Waals surface area contributed by atoms with Gasteiger partial charge in [0.15, 0.2) is 6.17 Å². The van der Waals surface area contributed by atoms with Crippen LogP contribution >= 0.6 is 0 Å². The predicted octanol–water partition coefficient (Wildman–Crippen LogP) is 2.44. The van der Waals surface area contributed by atoms with E-state index in [4.69, 9.17) is 0 Å². The molecule has 29 heavy (non-hydrogen) atoms. The van der Waals surface area contributed by atoms with E-state index >= 15 is 0 Å². The van der Waals surface area contributed by atoms with Crippen LogP contribution in [0.15, 0.2) is 40.7 Å². The minimum Gasteiger partial charge on any atom is -0.341 e. The van der Waals surface area contributed by atoms with E-state index in [9.17, 15) is 27.2 Å². The van der Waals surface area contributed by atoms with Gasteiger partial charge in [-0.25, -0.2) is 4.39 Å². The van der Waals surface area contributed by atoms with Gasteiger partial charge in [0.2, 0.25) is 17.4 Å². The Labute approximate surface area is 163 Å². The number of carbonyl (C=O) groups is 2. The molecule has 0 saturated carbocycles. The quantitative estimate of drug-likeness (QED) is 0.614. The van der Waals surface area contributed by atoms with Gasteiger partial charge in [0.1, 0.15) is 5.82 Å². The Kier molecular flexibility index (Phi) is 4.49. The molecule has 3 heterocycles. The molecule has 10 heteroatoms. The molecule has 2 saturated heterocycles. The van der Waals surface area contributed by atoms with Crippen LogP contribution in [0.2, 0.25) is 0 Å². The lowest BCUT2D eigenvalue weighted by atomic mass is 9.91. The lowest BCUT2D eigenvalue weighted by molar-refractivity contribution is -0.180. The largest absolute Gasteiger partial charge is 0.422 e. The van der Waals surface area contributed by atoms with Gasteiger partial charge in [0, 0.05) is 24.7 Å². The molecule has 3 aliphatic heterocycles. The number of aliphatic imine (C=N–C) groups is 1. The third-order valence-corrected chi connectivity index (χ3v) is 5.42. The molecule has 1 N–H and O–H groups in total. The van der Waals surface area contributed by atoms with E-state index in [0.717, 1.165) is 21.9 Å². The summed E-state index contributed by atoms with van der Waals surface area (Å²) >= 11 is 0. The highest BCUT2D eigenvalue weighted by Gasteiger charge is 2.65. The summed E-state index contributed by atoms with van der Waals surface area (Å²) in [6.45, 7) is 1.47. The van der Waals surface area contributed by atoms with Gasteiger partial charge in [-0.15, -0.1) is 0 Å². The summed E-state index contributed by atoms with van der Waals surface area (Å²) in [5.41, 5.74) is -1.85. The second-order valence-electron chi connectivity index (χ2n) is 7.18. The van der Waals surface area contributed by atoms with Gasteiger partial charge < -0.3 is 9.80 Å². The Morgan fingerprint density at radius 1 is 1.28 bits per heavy atom. The number of Topliss-reactive ketones (excluding diaryl/α,β-unsaturated/α-hetero) is 1. The molecule has 0 spiro atoms. The summed E-state index contributed by atoms with van der Waals surface area (Å²) in [5, 5.41) is 2.43. The number of hydrogen-bond acceptors (Lipinski definition) is 5. The first-order valence-electron chi connectivity index (χ1n) is 9.12. The number of rotatable bonds is 3. The lowest BCUT2D eigenvalue weighted by Gasteiger charge is -2.39. The number of allylic oxidation sites excluding steroid dienone is 1. The molecule has 154 valence electrons. The standard InChI is InChI=1S/C19H18F4N4O2/c1-11-15-18(27-9-2-3-14(27)28,16(29)12-4-6-13(20)7-5-12)25-17(19(21,22)23)26(15)10-8-24-11/h4-8,17,25H,2-3,9-10H2,1H3/t17-,18-/m0/s1. The van der Waals surface area contributed by atoms with Crippen molar-refractivity contribution in [1.82, 2.24) is 15.1 Å². The van der Waals surface area contributed by atoms with Crippen molar-refractivity contribution in [3.8, 4) is 0 Å². The number of nitrogens with zero attached hydrogens (tertiary/aromatic N) is 3. The van der Waals surface area contributed by atoms with Gasteiger partial charge in [-0.1, -0.05) is 0 Å². The van der Waals surface area contributed by atoms with Crippen molar-refractivity contribution in [1.29, 1.82) is 0 Å². The van der Waals surface area contributed by atoms with Gasteiger partial charge in [0.25, 0.3) is 0 Å². The van der Waals surface area contributed by atoms with Crippen LogP contribution in [-0.2, 0) is 4.79 Å². The summed E-state index contributed by atoms with van der Waals surface area (Å²) in [7, 11) is 0. The summed E-state index contributed by atoms with van der Waals surface area (Å²) in [6.07, 6.45) is -4.98. The topological polar surface area (TPSA) is 65.0 Å². The maximum Gasteiger partial charge on any atom is 0.422 e. The van der Waals surface area contributed by atoms with Crippen molar-refractivity contribution < 1.29 is 27.2 Å². The molecule has 4 rings (SSSR count). The molecule has 0 aromatic heterocycles. The van der Waals surface area contributed by atoms with Crippen LogP contribution in [0.25, 0.3) is 0 Å². The van der Waals surface area contributed by atoms with Crippen LogP contribution < -0.4 is 5.32 Å². The maximum absolute atomic E-state index is 13.9. The van der Waals surface area contributed by atoms with Gasteiger partial charge in [0.05, 0.1) is 17.9 Å². The Morgan fingerprint density at radius 2 is 1.97 bits per heavy atom. The number of ketones is 1. The van der Waals surface area contributed by atoms with Crippen molar-refractivity contribution in [2.75, 3.05) is 13.1 Å². The number of nitrogens with one attached hydrogen (secondary N) is 1. The third kappa shape index (κ3) is 2.93. The zero-order valence-electron chi connectivity index (χ0n) is 15.5. The van der Waals surface area contributed by atoms with Gasteiger partial charge in [-0.2, -0.15) is 13.2 Å². The second-order valence-corrected chi connectivity index (χ2v) is 7.18. The van der Waals surface area contributed by atoms with Crippen molar-refractivity contribution in [2.45, 2.75) is 37.8 Å². The zero-order valence-corrected chi connectivity index (χ0v) is 15.5.